The molecule has 2 rings (SSSR count). The van der Waals surface area contributed by atoms with Gasteiger partial charge in [-0.25, -0.2) is 4.98 Å². The third-order valence-electron chi connectivity index (χ3n) is 2.93. The van der Waals surface area contributed by atoms with Crippen LogP contribution in [0.2, 0.25) is 5.02 Å². The number of pyridine rings is 1. The molecule has 0 aliphatic carbocycles. The van der Waals surface area contributed by atoms with Crippen LogP contribution in [0.1, 0.15) is 6.42 Å². The lowest BCUT2D eigenvalue weighted by Crippen LogP contribution is -2.41. The van der Waals surface area contributed by atoms with Gasteiger partial charge in [-0.15, -0.1) is 12.4 Å². The van der Waals surface area contributed by atoms with E-state index in [1.807, 2.05) is 12.1 Å². The number of amides is 1. The molecule has 0 radical (unpaired) electrons. The van der Waals surface area contributed by atoms with Crippen molar-refractivity contribution < 1.29 is 4.79 Å². The zero-order valence-corrected chi connectivity index (χ0v) is 12.3. The van der Waals surface area contributed by atoms with Crippen LogP contribution >= 0.6 is 24.0 Å². The highest BCUT2D eigenvalue weighted by Gasteiger charge is 2.25. The summed E-state index contributed by atoms with van der Waals surface area (Å²) in [6, 6.07) is 3.81. The maximum atomic E-state index is 11.5. The van der Waals surface area contributed by atoms with E-state index in [9.17, 15) is 4.79 Å². The van der Waals surface area contributed by atoms with Gasteiger partial charge in [0.15, 0.2) is 0 Å². The molecule has 1 aliphatic heterocycles. The molecule has 1 fully saturated rings. The molecular weight excluding hydrogens is 287 g/mol. The first-order chi connectivity index (χ1) is 8.70. The van der Waals surface area contributed by atoms with E-state index in [-0.39, 0.29) is 24.4 Å². The van der Waals surface area contributed by atoms with Gasteiger partial charge in [0, 0.05) is 25.3 Å². The zero-order valence-electron chi connectivity index (χ0n) is 10.7. The molecule has 19 heavy (non-hydrogen) atoms. The molecule has 0 spiro atoms. The van der Waals surface area contributed by atoms with Crippen LogP contribution in [0.4, 0.5) is 5.82 Å². The number of carbonyl (C=O) groups excluding carboxylic acids is 1. The second-order valence-electron chi connectivity index (χ2n) is 4.34. The number of hydrogen-bond donors (Lipinski definition) is 2. The Kier molecular flexibility index (Phi) is 6.34. The minimum absolute atomic E-state index is 0. The lowest BCUT2D eigenvalue weighted by atomic mass is 10.2. The van der Waals surface area contributed by atoms with Crippen LogP contribution in [0.5, 0.6) is 0 Å². The van der Waals surface area contributed by atoms with E-state index >= 15 is 0 Å². The molecule has 1 saturated heterocycles. The minimum Gasteiger partial charge on any atom is -0.353 e. The van der Waals surface area contributed by atoms with Crippen molar-refractivity contribution in [3.8, 4) is 0 Å². The van der Waals surface area contributed by atoms with Gasteiger partial charge in [-0.2, -0.15) is 0 Å². The normalized spacial score (nSPS) is 18.0. The van der Waals surface area contributed by atoms with Crippen LogP contribution in [0.25, 0.3) is 0 Å². The Hall–Kier alpha value is -1.04. The van der Waals surface area contributed by atoms with Gasteiger partial charge in [0.25, 0.3) is 0 Å². The summed E-state index contributed by atoms with van der Waals surface area (Å²) in [6.45, 7) is 1.97. The van der Waals surface area contributed by atoms with Gasteiger partial charge in [-0.05, 0) is 25.6 Å². The first-order valence-electron chi connectivity index (χ1n) is 6.00. The van der Waals surface area contributed by atoms with Crippen molar-refractivity contribution in [2.45, 2.75) is 12.5 Å². The number of halogens is 2. The smallest absolute Gasteiger partial charge is 0.234 e. The molecule has 0 saturated carbocycles. The second kappa shape index (κ2) is 7.53. The van der Waals surface area contributed by atoms with Gasteiger partial charge in [0.2, 0.25) is 5.91 Å². The van der Waals surface area contributed by atoms with E-state index in [1.54, 1.807) is 13.2 Å². The molecule has 106 valence electrons. The van der Waals surface area contributed by atoms with Gasteiger partial charge in [-0.3, -0.25) is 4.79 Å². The Balaban J connectivity index is 0.00000180. The standard InChI is InChI=1S/C12H17ClN4O.ClH/c1-14-7-11(18)16-9-4-6-17(8-9)12-10(13)3-2-5-15-12;/h2-3,5,9,14H,4,6-8H2,1H3,(H,16,18);1H. The summed E-state index contributed by atoms with van der Waals surface area (Å²) in [6.07, 6.45) is 2.65. The molecule has 0 aromatic carbocycles. The number of nitrogens with zero attached hydrogens (tertiary/aromatic N) is 2. The number of hydrogen-bond acceptors (Lipinski definition) is 4. The maximum Gasteiger partial charge on any atom is 0.234 e. The fourth-order valence-electron chi connectivity index (χ4n) is 2.12. The molecule has 2 N–H and O–H groups in total. The minimum atomic E-state index is 0. The molecule has 1 amide bonds. The van der Waals surface area contributed by atoms with Gasteiger partial charge >= 0.3 is 0 Å². The quantitative estimate of drug-likeness (QED) is 0.874. The molecule has 2 heterocycles. The van der Waals surface area contributed by atoms with Crippen molar-refractivity contribution in [2.75, 3.05) is 31.6 Å². The fourth-order valence-corrected chi connectivity index (χ4v) is 2.36. The highest BCUT2D eigenvalue weighted by atomic mass is 35.5. The Labute approximate surface area is 124 Å². The number of rotatable bonds is 4. The number of likely N-dealkylation sites (N-methyl/N-ethyl adjacent to an activating group) is 1. The lowest BCUT2D eigenvalue weighted by Gasteiger charge is -2.18. The van der Waals surface area contributed by atoms with Crippen LogP contribution in [-0.4, -0.2) is 43.6 Å². The number of aromatic nitrogens is 1. The molecule has 1 atom stereocenters. The maximum absolute atomic E-state index is 11.5. The summed E-state index contributed by atoms with van der Waals surface area (Å²) in [4.78, 5) is 17.9. The summed E-state index contributed by atoms with van der Waals surface area (Å²) < 4.78 is 0. The van der Waals surface area contributed by atoms with Crippen molar-refractivity contribution >= 4 is 35.7 Å². The first kappa shape index (κ1) is 16.0. The van der Waals surface area contributed by atoms with E-state index < -0.39 is 0 Å². The molecule has 5 nitrogen and oxygen atoms in total. The molecule has 1 aromatic heterocycles. The highest BCUT2D eigenvalue weighted by Crippen LogP contribution is 2.25. The average molecular weight is 305 g/mol. The summed E-state index contributed by atoms with van der Waals surface area (Å²) in [7, 11) is 1.76. The molecule has 1 aliphatic rings. The Bertz CT molecular complexity index is 430. The van der Waals surface area contributed by atoms with Crippen LogP contribution in [0.15, 0.2) is 18.3 Å². The SMILES string of the molecule is CNCC(=O)NC1CCN(c2ncccc2Cl)C1.Cl. The Morgan fingerprint density at radius 1 is 1.63 bits per heavy atom. The van der Waals surface area contributed by atoms with Crippen molar-refractivity contribution in [1.29, 1.82) is 0 Å². The molecule has 0 bridgehead atoms. The lowest BCUT2D eigenvalue weighted by molar-refractivity contribution is -0.120. The number of nitrogens with one attached hydrogen (secondary N) is 2. The zero-order chi connectivity index (χ0) is 13.0. The van der Waals surface area contributed by atoms with Crippen LogP contribution in [0, 0.1) is 0 Å². The molecule has 7 heteroatoms. The van der Waals surface area contributed by atoms with E-state index in [2.05, 4.69) is 20.5 Å². The van der Waals surface area contributed by atoms with E-state index in [0.717, 1.165) is 25.3 Å². The van der Waals surface area contributed by atoms with E-state index in [4.69, 9.17) is 11.6 Å². The van der Waals surface area contributed by atoms with Crippen LogP contribution in [-0.2, 0) is 4.79 Å². The summed E-state index contributed by atoms with van der Waals surface area (Å²) >= 11 is 6.11. The van der Waals surface area contributed by atoms with Crippen LogP contribution < -0.4 is 15.5 Å². The summed E-state index contributed by atoms with van der Waals surface area (Å²) in [5.41, 5.74) is 0. The third-order valence-corrected chi connectivity index (χ3v) is 3.22. The molecule has 1 unspecified atom stereocenters. The van der Waals surface area contributed by atoms with Gasteiger partial charge in [0.1, 0.15) is 5.82 Å². The van der Waals surface area contributed by atoms with Crippen molar-refractivity contribution in [1.82, 2.24) is 15.6 Å². The highest BCUT2D eigenvalue weighted by molar-refractivity contribution is 6.32. The predicted molar refractivity (Wildman–Crippen MR) is 79.2 cm³/mol. The Morgan fingerprint density at radius 2 is 2.42 bits per heavy atom. The summed E-state index contributed by atoms with van der Waals surface area (Å²) in [5, 5.41) is 6.47. The van der Waals surface area contributed by atoms with Gasteiger partial charge in [-0.1, -0.05) is 11.6 Å². The average Bonchev–Trinajstić information content (AvgIpc) is 2.78. The molecule has 1 aromatic rings. The van der Waals surface area contributed by atoms with Gasteiger partial charge in [0.05, 0.1) is 11.6 Å². The second-order valence-corrected chi connectivity index (χ2v) is 4.75. The first-order valence-corrected chi connectivity index (χ1v) is 6.38. The van der Waals surface area contributed by atoms with E-state index in [1.165, 1.54) is 0 Å². The van der Waals surface area contributed by atoms with Crippen molar-refractivity contribution in [3.05, 3.63) is 23.4 Å². The third kappa shape index (κ3) is 4.23. The Morgan fingerprint density at radius 3 is 3.11 bits per heavy atom. The van der Waals surface area contributed by atoms with Gasteiger partial charge < -0.3 is 15.5 Å². The number of anilines is 1. The van der Waals surface area contributed by atoms with Crippen molar-refractivity contribution in [3.63, 3.8) is 0 Å². The predicted octanol–water partition coefficient (Wildman–Crippen LogP) is 1.07. The van der Waals surface area contributed by atoms with E-state index in [0.29, 0.717) is 11.6 Å². The summed E-state index contributed by atoms with van der Waals surface area (Å²) in [5.74, 6) is 0.820. The van der Waals surface area contributed by atoms with Crippen LogP contribution in [0.3, 0.4) is 0 Å². The van der Waals surface area contributed by atoms with Crippen molar-refractivity contribution in [2.24, 2.45) is 0 Å². The fraction of sp³-hybridized carbons (Fsp3) is 0.500. The monoisotopic (exact) mass is 304 g/mol. The number of carbonyl (C=O) groups is 1. The largest absolute Gasteiger partial charge is 0.353 e. The molecular formula is C12H18Cl2N4O. The topological polar surface area (TPSA) is 57.3 Å².